The number of carbonyl (C=O) groups is 1. The number of carbonyl (C=O) groups excluding carboxylic acids is 1. The molecule has 166 valence electrons. The summed E-state index contributed by atoms with van der Waals surface area (Å²) < 4.78 is 5.61. The van der Waals surface area contributed by atoms with E-state index in [-0.39, 0.29) is 5.91 Å². The Labute approximate surface area is 197 Å². The van der Waals surface area contributed by atoms with Gasteiger partial charge in [0.1, 0.15) is 5.75 Å². The molecule has 1 aromatic heterocycles. The van der Waals surface area contributed by atoms with Crippen LogP contribution in [0.4, 0.5) is 10.8 Å². The Morgan fingerprint density at radius 2 is 1.88 bits per heavy atom. The zero-order chi connectivity index (χ0) is 22.9. The molecule has 0 bridgehead atoms. The van der Waals surface area contributed by atoms with Crippen LogP contribution in [0.15, 0.2) is 89.3 Å². The number of hydrogen-bond donors (Lipinski definition) is 2. The number of aromatic nitrogens is 1. The Bertz CT molecular complexity index is 1220. The summed E-state index contributed by atoms with van der Waals surface area (Å²) in [6, 6.07) is 24.8. The molecule has 7 heteroatoms. The van der Waals surface area contributed by atoms with Crippen LogP contribution in [0, 0.1) is 0 Å². The van der Waals surface area contributed by atoms with Crippen LogP contribution in [-0.4, -0.2) is 23.7 Å². The van der Waals surface area contributed by atoms with E-state index in [0.717, 1.165) is 39.8 Å². The zero-order valence-electron chi connectivity index (χ0n) is 18.2. The number of nitrogens with zero attached hydrogens (tertiary/aromatic N) is 2. The minimum atomic E-state index is -0.277. The largest absolute Gasteiger partial charge is 0.494 e. The molecule has 0 saturated carbocycles. The predicted molar refractivity (Wildman–Crippen MR) is 135 cm³/mol. The number of thiazole rings is 1. The van der Waals surface area contributed by atoms with Crippen LogP contribution in [0.5, 0.6) is 5.75 Å². The SMILES string of the molecule is CCCOc1cccc(/C=N\NC(=O)c2ccc(-c3csc(Nc4ccccc4)n3)cc2)c1. The van der Waals surface area contributed by atoms with E-state index in [0.29, 0.717) is 12.2 Å². The number of anilines is 2. The van der Waals surface area contributed by atoms with Gasteiger partial charge in [-0.2, -0.15) is 5.10 Å². The molecule has 2 N–H and O–H groups in total. The van der Waals surface area contributed by atoms with E-state index in [1.807, 2.05) is 72.1 Å². The van der Waals surface area contributed by atoms with Crippen molar-refractivity contribution >= 4 is 34.3 Å². The van der Waals surface area contributed by atoms with E-state index in [9.17, 15) is 4.79 Å². The lowest BCUT2D eigenvalue weighted by Crippen LogP contribution is -2.17. The number of rotatable bonds is 9. The van der Waals surface area contributed by atoms with Gasteiger partial charge in [0.05, 0.1) is 18.5 Å². The van der Waals surface area contributed by atoms with E-state index >= 15 is 0 Å². The summed E-state index contributed by atoms with van der Waals surface area (Å²) in [4.78, 5) is 17.1. The van der Waals surface area contributed by atoms with Crippen molar-refractivity contribution in [2.45, 2.75) is 13.3 Å². The van der Waals surface area contributed by atoms with E-state index in [2.05, 4.69) is 27.8 Å². The average Bonchev–Trinajstić information content (AvgIpc) is 3.32. The Kier molecular flexibility index (Phi) is 7.45. The van der Waals surface area contributed by atoms with Crippen molar-refractivity contribution in [3.8, 4) is 17.0 Å². The first-order valence-corrected chi connectivity index (χ1v) is 11.5. The summed E-state index contributed by atoms with van der Waals surface area (Å²) in [6.07, 6.45) is 2.54. The molecule has 0 aliphatic carbocycles. The second-order valence-corrected chi connectivity index (χ2v) is 8.08. The van der Waals surface area contributed by atoms with E-state index in [1.54, 1.807) is 18.3 Å². The second kappa shape index (κ2) is 11.1. The lowest BCUT2D eigenvalue weighted by atomic mass is 10.1. The number of para-hydroxylation sites is 1. The van der Waals surface area contributed by atoms with Crippen molar-refractivity contribution in [1.82, 2.24) is 10.4 Å². The summed E-state index contributed by atoms with van der Waals surface area (Å²) in [6.45, 7) is 2.73. The van der Waals surface area contributed by atoms with Gasteiger partial charge in [0.15, 0.2) is 5.13 Å². The summed E-state index contributed by atoms with van der Waals surface area (Å²) in [5.74, 6) is 0.507. The fraction of sp³-hybridized carbons (Fsp3) is 0.115. The molecule has 33 heavy (non-hydrogen) atoms. The number of hydrazone groups is 1. The lowest BCUT2D eigenvalue weighted by Gasteiger charge is -2.05. The summed E-state index contributed by atoms with van der Waals surface area (Å²) in [5, 5.41) is 10.2. The third-order valence-corrected chi connectivity index (χ3v) is 5.44. The molecule has 0 fully saturated rings. The third-order valence-electron chi connectivity index (χ3n) is 4.68. The Morgan fingerprint density at radius 1 is 1.06 bits per heavy atom. The van der Waals surface area contributed by atoms with Crippen LogP contribution in [0.2, 0.25) is 0 Å². The second-order valence-electron chi connectivity index (χ2n) is 7.23. The molecule has 0 spiro atoms. The highest BCUT2D eigenvalue weighted by Crippen LogP contribution is 2.27. The van der Waals surface area contributed by atoms with E-state index in [4.69, 9.17) is 4.74 Å². The van der Waals surface area contributed by atoms with Crippen molar-refractivity contribution in [3.63, 3.8) is 0 Å². The smallest absolute Gasteiger partial charge is 0.271 e. The molecule has 0 radical (unpaired) electrons. The Balaban J connectivity index is 1.34. The van der Waals surface area contributed by atoms with Gasteiger partial charge in [-0.15, -0.1) is 11.3 Å². The molecule has 1 heterocycles. The molecule has 0 aliphatic rings. The molecule has 4 rings (SSSR count). The van der Waals surface area contributed by atoms with Crippen LogP contribution in [0.25, 0.3) is 11.3 Å². The van der Waals surface area contributed by atoms with Crippen LogP contribution < -0.4 is 15.5 Å². The van der Waals surface area contributed by atoms with Crippen molar-refractivity contribution in [2.24, 2.45) is 5.10 Å². The Morgan fingerprint density at radius 3 is 2.67 bits per heavy atom. The summed E-state index contributed by atoms with van der Waals surface area (Å²) in [7, 11) is 0. The molecule has 4 aromatic rings. The van der Waals surface area contributed by atoms with Gasteiger partial charge >= 0.3 is 0 Å². The zero-order valence-corrected chi connectivity index (χ0v) is 19.0. The molecule has 0 aliphatic heterocycles. The first kappa shape index (κ1) is 22.2. The highest BCUT2D eigenvalue weighted by Gasteiger charge is 2.08. The van der Waals surface area contributed by atoms with Crippen LogP contribution in [0.1, 0.15) is 29.3 Å². The standard InChI is InChI=1S/C26H24N4O2S/c1-2-15-32-23-10-6-7-19(16-23)17-27-30-25(31)21-13-11-20(12-14-21)24-18-33-26(29-24)28-22-8-4-3-5-9-22/h3-14,16-18H,2,15H2,1H3,(H,28,29)(H,30,31)/b27-17-. The molecule has 1 amide bonds. The maximum absolute atomic E-state index is 12.4. The average molecular weight is 457 g/mol. The number of benzene rings is 3. The molecule has 6 nitrogen and oxygen atoms in total. The molecule has 0 unspecified atom stereocenters. The quantitative estimate of drug-likeness (QED) is 0.235. The monoisotopic (exact) mass is 456 g/mol. The van der Waals surface area contributed by atoms with Crippen molar-refractivity contribution in [3.05, 3.63) is 95.4 Å². The molecule has 3 aromatic carbocycles. The van der Waals surface area contributed by atoms with Crippen molar-refractivity contribution in [1.29, 1.82) is 0 Å². The van der Waals surface area contributed by atoms with Crippen LogP contribution >= 0.6 is 11.3 Å². The fourth-order valence-corrected chi connectivity index (χ4v) is 3.78. The van der Waals surface area contributed by atoms with Crippen molar-refractivity contribution in [2.75, 3.05) is 11.9 Å². The van der Waals surface area contributed by atoms with Gasteiger partial charge in [-0.3, -0.25) is 4.79 Å². The van der Waals surface area contributed by atoms with Crippen molar-refractivity contribution < 1.29 is 9.53 Å². The fourth-order valence-electron chi connectivity index (χ4n) is 3.04. The van der Waals surface area contributed by atoms with Crippen LogP contribution in [0.3, 0.4) is 0 Å². The van der Waals surface area contributed by atoms with Gasteiger partial charge < -0.3 is 10.1 Å². The molecule has 0 atom stereocenters. The predicted octanol–water partition coefficient (Wildman–Crippen LogP) is 6.11. The lowest BCUT2D eigenvalue weighted by molar-refractivity contribution is 0.0955. The normalized spacial score (nSPS) is 10.8. The van der Waals surface area contributed by atoms with Gasteiger partial charge in [0.2, 0.25) is 0 Å². The van der Waals surface area contributed by atoms with E-state index in [1.165, 1.54) is 11.3 Å². The number of hydrogen-bond acceptors (Lipinski definition) is 6. The molecular weight excluding hydrogens is 432 g/mol. The topological polar surface area (TPSA) is 75.6 Å². The maximum atomic E-state index is 12.4. The van der Waals surface area contributed by atoms with Gasteiger partial charge in [0, 0.05) is 22.2 Å². The van der Waals surface area contributed by atoms with Gasteiger partial charge in [-0.25, -0.2) is 10.4 Å². The van der Waals surface area contributed by atoms with Gasteiger partial charge in [-0.1, -0.05) is 49.4 Å². The van der Waals surface area contributed by atoms with Gasteiger partial charge in [-0.05, 0) is 48.4 Å². The maximum Gasteiger partial charge on any atom is 0.271 e. The van der Waals surface area contributed by atoms with Gasteiger partial charge in [0.25, 0.3) is 5.91 Å². The number of amides is 1. The summed E-state index contributed by atoms with van der Waals surface area (Å²) in [5.41, 5.74) is 6.73. The highest BCUT2D eigenvalue weighted by atomic mass is 32.1. The highest BCUT2D eigenvalue weighted by molar-refractivity contribution is 7.14. The van der Waals surface area contributed by atoms with E-state index < -0.39 is 0 Å². The number of ether oxygens (including phenoxy) is 1. The number of nitrogens with one attached hydrogen (secondary N) is 2. The first-order valence-electron chi connectivity index (χ1n) is 10.7. The first-order chi connectivity index (χ1) is 16.2. The minimum Gasteiger partial charge on any atom is -0.494 e. The third kappa shape index (κ3) is 6.27. The summed E-state index contributed by atoms with van der Waals surface area (Å²) >= 11 is 1.53. The molecule has 0 saturated heterocycles. The molecular formula is C26H24N4O2S. The van der Waals surface area contributed by atoms with Crippen LogP contribution in [-0.2, 0) is 0 Å². The Hall–Kier alpha value is -3.97. The minimum absolute atomic E-state index is 0.277.